The summed E-state index contributed by atoms with van der Waals surface area (Å²) >= 11 is 0. The van der Waals surface area contributed by atoms with Crippen molar-refractivity contribution in [1.82, 2.24) is 10.2 Å². The van der Waals surface area contributed by atoms with Crippen molar-refractivity contribution in [1.29, 1.82) is 0 Å². The van der Waals surface area contributed by atoms with E-state index in [1.165, 1.54) is 18.7 Å². The molecule has 1 saturated heterocycles. The Balaban J connectivity index is 1.61. The fraction of sp³-hybridized carbons (Fsp3) is 0.333. The van der Waals surface area contributed by atoms with Gasteiger partial charge in [0.05, 0.1) is 13.2 Å². The zero-order chi connectivity index (χ0) is 19.2. The van der Waals surface area contributed by atoms with E-state index in [9.17, 15) is 14.7 Å². The Morgan fingerprint density at radius 2 is 1.96 bits per heavy atom. The second kappa shape index (κ2) is 8.68. The van der Waals surface area contributed by atoms with Gasteiger partial charge in [0.1, 0.15) is 11.3 Å². The summed E-state index contributed by atoms with van der Waals surface area (Å²) in [4.78, 5) is 26.2. The maximum absolute atomic E-state index is 12.7. The minimum absolute atomic E-state index is 0.0175. The average molecular weight is 368 g/mol. The first-order valence-corrected chi connectivity index (χ1v) is 9.04. The Bertz CT molecular complexity index is 807. The molecule has 6 nitrogen and oxygen atoms in total. The minimum atomic E-state index is -1.05. The van der Waals surface area contributed by atoms with E-state index in [1.807, 2.05) is 18.2 Å². The highest BCUT2D eigenvalue weighted by Crippen LogP contribution is 2.22. The standard InChI is InChI=1S/C21H24N2O4/c1-27-19-10-9-16(12-17(19)21(25)26)13-22-20(24)18-8-5-11-23(18)14-15-6-3-2-4-7-15/h2-4,6-7,9-10,12,18H,5,8,11,13-14H2,1H3,(H,22,24)(H,25,26)/t18-/m0/s1. The first-order chi connectivity index (χ1) is 13.1. The van der Waals surface area contributed by atoms with Crippen molar-refractivity contribution in [2.75, 3.05) is 13.7 Å². The number of carbonyl (C=O) groups excluding carboxylic acids is 1. The number of hydrogen-bond acceptors (Lipinski definition) is 4. The lowest BCUT2D eigenvalue weighted by molar-refractivity contribution is -0.125. The van der Waals surface area contributed by atoms with Crippen molar-refractivity contribution in [3.63, 3.8) is 0 Å². The molecular weight excluding hydrogens is 344 g/mol. The van der Waals surface area contributed by atoms with E-state index in [0.29, 0.717) is 12.3 Å². The van der Waals surface area contributed by atoms with Crippen LogP contribution in [0.5, 0.6) is 5.75 Å². The summed E-state index contributed by atoms with van der Waals surface area (Å²) in [6.07, 6.45) is 1.83. The van der Waals surface area contributed by atoms with Crippen LogP contribution in [0.4, 0.5) is 0 Å². The molecule has 0 aromatic heterocycles. The molecule has 2 aromatic rings. The predicted molar refractivity (Wildman–Crippen MR) is 102 cm³/mol. The number of carboxylic acids is 1. The molecule has 2 aromatic carbocycles. The SMILES string of the molecule is COc1ccc(CNC(=O)[C@@H]2CCCN2Cc2ccccc2)cc1C(=O)O. The van der Waals surface area contributed by atoms with E-state index in [4.69, 9.17) is 4.74 Å². The van der Waals surface area contributed by atoms with E-state index in [0.717, 1.165) is 31.5 Å². The number of benzene rings is 2. The highest BCUT2D eigenvalue weighted by atomic mass is 16.5. The number of aromatic carboxylic acids is 1. The topological polar surface area (TPSA) is 78.9 Å². The van der Waals surface area contributed by atoms with Gasteiger partial charge in [-0.1, -0.05) is 36.4 Å². The Morgan fingerprint density at radius 3 is 2.67 bits per heavy atom. The second-order valence-corrected chi connectivity index (χ2v) is 6.67. The molecule has 0 unspecified atom stereocenters. The molecule has 27 heavy (non-hydrogen) atoms. The van der Waals surface area contributed by atoms with Crippen LogP contribution in [0.1, 0.15) is 34.3 Å². The maximum Gasteiger partial charge on any atom is 0.339 e. The number of amides is 1. The van der Waals surface area contributed by atoms with Gasteiger partial charge in [-0.2, -0.15) is 0 Å². The molecule has 0 saturated carbocycles. The number of methoxy groups -OCH3 is 1. The van der Waals surface area contributed by atoms with Crippen LogP contribution in [0.2, 0.25) is 0 Å². The number of nitrogens with one attached hydrogen (secondary N) is 1. The molecule has 0 aliphatic carbocycles. The van der Waals surface area contributed by atoms with Crippen LogP contribution in [0.3, 0.4) is 0 Å². The van der Waals surface area contributed by atoms with Gasteiger partial charge >= 0.3 is 5.97 Å². The number of likely N-dealkylation sites (tertiary alicyclic amines) is 1. The van der Waals surface area contributed by atoms with Gasteiger partial charge in [0.2, 0.25) is 5.91 Å². The van der Waals surface area contributed by atoms with Crippen molar-refractivity contribution in [2.45, 2.75) is 32.0 Å². The van der Waals surface area contributed by atoms with Crippen molar-refractivity contribution in [3.05, 3.63) is 65.2 Å². The van der Waals surface area contributed by atoms with Crippen LogP contribution in [0, 0.1) is 0 Å². The maximum atomic E-state index is 12.7. The Morgan fingerprint density at radius 1 is 1.19 bits per heavy atom. The summed E-state index contributed by atoms with van der Waals surface area (Å²) in [7, 11) is 1.44. The van der Waals surface area contributed by atoms with Gasteiger partial charge in [0, 0.05) is 13.1 Å². The Labute approximate surface area is 158 Å². The first-order valence-electron chi connectivity index (χ1n) is 9.04. The van der Waals surface area contributed by atoms with Crippen LogP contribution in [0.25, 0.3) is 0 Å². The molecular formula is C21H24N2O4. The highest BCUT2D eigenvalue weighted by molar-refractivity contribution is 5.91. The average Bonchev–Trinajstić information content (AvgIpc) is 3.14. The molecule has 0 bridgehead atoms. The lowest BCUT2D eigenvalue weighted by Crippen LogP contribution is -2.42. The molecule has 6 heteroatoms. The third kappa shape index (κ3) is 4.65. The number of hydrogen-bond donors (Lipinski definition) is 2. The van der Waals surface area contributed by atoms with E-state index in [1.54, 1.807) is 12.1 Å². The summed E-state index contributed by atoms with van der Waals surface area (Å²) in [6.45, 7) is 1.95. The first kappa shape index (κ1) is 18.9. The predicted octanol–water partition coefficient (Wildman–Crippen LogP) is 2.67. The molecule has 142 valence electrons. The molecule has 1 fully saturated rings. The van der Waals surface area contributed by atoms with E-state index < -0.39 is 5.97 Å². The second-order valence-electron chi connectivity index (χ2n) is 6.67. The van der Waals surface area contributed by atoms with Gasteiger partial charge in [-0.25, -0.2) is 4.79 Å². The summed E-state index contributed by atoms with van der Waals surface area (Å²) in [5.74, 6) is -0.761. The zero-order valence-corrected chi connectivity index (χ0v) is 15.4. The number of carboxylic acid groups (broad SMARTS) is 1. The smallest absolute Gasteiger partial charge is 0.339 e. The number of carbonyl (C=O) groups is 2. The summed E-state index contributed by atoms with van der Waals surface area (Å²) < 4.78 is 5.06. The molecule has 1 aliphatic rings. The van der Waals surface area contributed by atoms with Crippen molar-refractivity contribution in [3.8, 4) is 5.75 Å². The van der Waals surface area contributed by atoms with Crippen molar-refractivity contribution in [2.24, 2.45) is 0 Å². The molecule has 1 aliphatic heterocycles. The van der Waals surface area contributed by atoms with E-state index >= 15 is 0 Å². The summed E-state index contributed by atoms with van der Waals surface area (Å²) in [6, 6.07) is 14.9. The van der Waals surface area contributed by atoms with Crippen molar-refractivity contribution < 1.29 is 19.4 Å². The Kier molecular flexibility index (Phi) is 6.08. The Hall–Kier alpha value is -2.86. The molecule has 0 radical (unpaired) electrons. The number of rotatable bonds is 7. The van der Waals surface area contributed by atoms with E-state index in [-0.39, 0.29) is 17.5 Å². The van der Waals surface area contributed by atoms with Gasteiger partial charge in [0.15, 0.2) is 0 Å². The summed E-state index contributed by atoms with van der Waals surface area (Å²) in [5, 5.41) is 12.2. The van der Waals surface area contributed by atoms with Gasteiger partial charge in [-0.15, -0.1) is 0 Å². The monoisotopic (exact) mass is 368 g/mol. The largest absolute Gasteiger partial charge is 0.496 e. The van der Waals surface area contributed by atoms with Gasteiger partial charge < -0.3 is 15.2 Å². The molecule has 2 N–H and O–H groups in total. The highest BCUT2D eigenvalue weighted by Gasteiger charge is 2.30. The molecule has 1 amide bonds. The third-order valence-corrected chi connectivity index (χ3v) is 4.86. The molecule has 1 atom stereocenters. The molecule has 1 heterocycles. The van der Waals surface area contributed by atoms with Crippen LogP contribution in [-0.4, -0.2) is 41.6 Å². The number of nitrogens with zero attached hydrogens (tertiary/aromatic N) is 1. The van der Waals surface area contributed by atoms with Crippen LogP contribution in [-0.2, 0) is 17.9 Å². The van der Waals surface area contributed by atoms with Crippen molar-refractivity contribution >= 4 is 11.9 Å². The third-order valence-electron chi connectivity index (χ3n) is 4.86. The molecule has 0 spiro atoms. The van der Waals surface area contributed by atoms with Gasteiger partial charge in [-0.05, 0) is 42.6 Å². The fourth-order valence-electron chi connectivity index (χ4n) is 3.47. The fourth-order valence-corrected chi connectivity index (χ4v) is 3.47. The van der Waals surface area contributed by atoms with Crippen LogP contribution in [0.15, 0.2) is 48.5 Å². The minimum Gasteiger partial charge on any atom is -0.496 e. The van der Waals surface area contributed by atoms with Gasteiger partial charge in [0.25, 0.3) is 0 Å². The van der Waals surface area contributed by atoms with Crippen LogP contribution >= 0.6 is 0 Å². The summed E-state index contributed by atoms with van der Waals surface area (Å²) in [5.41, 5.74) is 2.02. The number of ether oxygens (including phenoxy) is 1. The van der Waals surface area contributed by atoms with E-state index in [2.05, 4.69) is 22.3 Å². The molecule has 3 rings (SSSR count). The van der Waals surface area contributed by atoms with Gasteiger partial charge in [-0.3, -0.25) is 9.69 Å². The lowest BCUT2D eigenvalue weighted by atomic mass is 10.1. The quantitative estimate of drug-likeness (QED) is 0.786. The lowest BCUT2D eigenvalue weighted by Gasteiger charge is -2.23. The van der Waals surface area contributed by atoms with Crippen LogP contribution < -0.4 is 10.1 Å². The zero-order valence-electron chi connectivity index (χ0n) is 15.4. The normalized spacial score (nSPS) is 16.9.